The first-order valence-electron chi connectivity index (χ1n) is 5.81. The van der Waals surface area contributed by atoms with Crippen molar-refractivity contribution in [1.29, 1.82) is 5.26 Å². The van der Waals surface area contributed by atoms with Gasteiger partial charge in [0.1, 0.15) is 11.9 Å². The van der Waals surface area contributed by atoms with Crippen molar-refractivity contribution in [3.63, 3.8) is 0 Å². The lowest BCUT2D eigenvalue weighted by Crippen LogP contribution is -1.98. The molecule has 0 saturated carbocycles. The van der Waals surface area contributed by atoms with Gasteiger partial charge in [0, 0.05) is 22.0 Å². The summed E-state index contributed by atoms with van der Waals surface area (Å²) in [6, 6.07) is 9.66. The van der Waals surface area contributed by atoms with Crippen LogP contribution in [0.1, 0.15) is 15.3 Å². The van der Waals surface area contributed by atoms with Crippen LogP contribution in [0.15, 0.2) is 30.3 Å². The van der Waals surface area contributed by atoms with Gasteiger partial charge in [-0.2, -0.15) is 5.26 Å². The lowest BCUT2D eigenvalue weighted by molar-refractivity contribution is -0.136. The van der Waals surface area contributed by atoms with Gasteiger partial charge in [-0.3, -0.25) is 4.79 Å². The van der Waals surface area contributed by atoms with E-state index in [-0.39, 0.29) is 12.0 Å². The monoisotopic (exact) mass is 290 g/mol. The van der Waals surface area contributed by atoms with Gasteiger partial charge in [0.15, 0.2) is 0 Å². The number of benzene rings is 1. The molecule has 0 amide bonds. The fraction of sp³-hybridized carbons (Fsp3) is 0.143. The predicted molar refractivity (Wildman–Crippen MR) is 74.1 cm³/mol. The average Bonchev–Trinajstić information content (AvgIpc) is 2.84. The Hall–Kier alpha value is -2.39. The summed E-state index contributed by atoms with van der Waals surface area (Å²) in [7, 11) is 0. The quantitative estimate of drug-likeness (QED) is 0.887. The molecule has 20 heavy (non-hydrogen) atoms. The Morgan fingerprint density at radius 2 is 2.10 bits per heavy atom. The molecular weight excluding hydrogens is 279 g/mol. The van der Waals surface area contributed by atoms with Crippen LogP contribution in [-0.2, 0) is 17.8 Å². The molecular formula is C14H11FN2O2S. The van der Waals surface area contributed by atoms with E-state index in [1.807, 2.05) is 6.07 Å². The van der Waals surface area contributed by atoms with Crippen molar-refractivity contribution in [2.75, 3.05) is 5.32 Å². The third-order valence-corrected chi connectivity index (χ3v) is 3.68. The van der Waals surface area contributed by atoms with Crippen LogP contribution in [0.25, 0.3) is 0 Å². The number of rotatable bonds is 5. The van der Waals surface area contributed by atoms with Crippen LogP contribution in [0.2, 0.25) is 0 Å². The standard InChI is InChI=1S/C14H11FN2O2S/c15-13-4-1-10(5-9(13)7-16)17-8-12-3-2-11(20-12)6-14(18)19/h1-5,17H,6,8H2,(H,18,19). The maximum atomic E-state index is 13.2. The molecule has 0 spiro atoms. The molecule has 102 valence electrons. The number of hydrogen-bond acceptors (Lipinski definition) is 4. The molecule has 0 unspecified atom stereocenters. The van der Waals surface area contributed by atoms with Crippen LogP contribution >= 0.6 is 11.3 Å². The summed E-state index contributed by atoms with van der Waals surface area (Å²) in [5.41, 5.74) is 0.642. The van der Waals surface area contributed by atoms with Crippen molar-refractivity contribution in [3.05, 3.63) is 51.5 Å². The van der Waals surface area contributed by atoms with E-state index in [1.54, 1.807) is 18.2 Å². The van der Waals surface area contributed by atoms with E-state index >= 15 is 0 Å². The molecule has 0 aliphatic heterocycles. The minimum absolute atomic E-state index is 0.00672. The minimum atomic E-state index is -0.858. The summed E-state index contributed by atoms with van der Waals surface area (Å²) >= 11 is 1.41. The smallest absolute Gasteiger partial charge is 0.308 e. The summed E-state index contributed by atoms with van der Waals surface area (Å²) in [4.78, 5) is 12.3. The Bertz CT molecular complexity index is 676. The number of nitriles is 1. The van der Waals surface area contributed by atoms with Gasteiger partial charge in [0.2, 0.25) is 0 Å². The van der Waals surface area contributed by atoms with E-state index in [1.165, 1.54) is 23.5 Å². The molecule has 6 heteroatoms. The van der Waals surface area contributed by atoms with Crippen LogP contribution < -0.4 is 5.32 Å². The van der Waals surface area contributed by atoms with Crippen LogP contribution in [-0.4, -0.2) is 11.1 Å². The van der Waals surface area contributed by atoms with Gasteiger partial charge in [0.05, 0.1) is 12.0 Å². The number of halogens is 1. The van der Waals surface area contributed by atoms with Crippen molar-refractivity contribution in [2.24, 2.45) is 0 Å². The first kappa shape index (κ1) is 14.0. The van der Waals surface area contributed by atoms with Crippen LogP contribution in [0, 0.1) is 17.1 Å². The van der Waals surface area contributed by atoms with Crippen molar-refractivity contribution in [2.45, 2.75) is 13.0 Å². The molecule has 1 aromatic heterocycles. The van der Waals surface area contributed by atoms with Crippen molar-refractivity contribution >= 4 is 23.0 Å². The highest BCUT2D eigenvalue weighted by Crippen LogP contribution is 2.20. The summed E-state index contributed by atoms with van der Waals surface area (Å²) in [5.74, 6) is -1.40. The maximum Gasteiger partial charge on any atom is 0.308 e. The van der Waals surface area contributed by atoms with E-state index in [0.717, 1.165) is 9.75 Å². The molecule has 2 N–H and O–H groups in total. The Labute approximate surface area is 119 Å². The second kappa shape index (κ2) is 6.17. The highest BCUT2D eigenvalue weighted by Gasteiger charge is 2.06. The second-order valence-electron chi connectivity index (χ2n) is 4.10. The van der Waals surface area contributed by atoms with E-state index in [0.29, 0.717) is 12.2 Å². The SMILES string of the molecule is N#Cc1cc(NCc2ccc(CC(=O)O)s2)ccc1F. The number of carboxylic acids is 1. The van der Waals surface area contributed by atoms with Gasteiger partial charge in [-0.05, 0) is 30.3 Å². The Morgan fingerprint density at radius 1 is 1.35 bits per heavy atom. The third-order valence-electron chi connectivity index (χ3n) is 2.60. The fourth-order valence-electron chi connectivity index (χ4n) is 1.67. The number of nitrogens with one attached hydrogen (secondary N) is 1. The molecule has 2 aromatic rings. The molecule has 1 heterocycles. The predicted octanol–water partition coefficient (Wildman–Crippen LogP) is 3.00. The molecule has 0 radical (unpaired) electrons. The molecule has 0 fully saturated rings. The molecule has 0 aliphatic carbocycles. The van der Waals surface area contributed by atoms with Gasteiger partial charge < -0.3 is 10.4 Å². The maximum absolute atomic E-state index is 13.2. The number of nitrogens with zero attached hydrogens (tertiary/aromatic N) is 1. The Kier molecular flexibility index (Phi) is 4.33. The van der Waals surface area contributed by atoms with Crippen LogP contribution in [0.4, 0.5) is 10.1 Å². The molecule has 0 atom stereocenters. The normalized spacial score (nSPS) is 10.0. The topological polar surface area (TPSA) is 73.1 Å². The van der Waals surface area contributed by atoms with E-state index in [9.17, 15) is 9.18 Å². The lowest BCUT2D eigenvalue weighted by atomic mass is 10.2. The first-order valence-corrected chi connectivity index (χ1v) is 6.63. The Balaban J connectivity index is 2.00. The largest absolute Gasteiger partial charge is 0.481 e. The van der Waals surface area contributed by atoms with Crippen LogP contribution in [0.3, 0.4) is 0 Å². The number of carboxylic acid groups (broad SMARTS) is 1. The highest BCUT2D eigenvalue weighted by molar-refractivity contribution is 7.12. The second-order valence-corrected chi connectivity index (χ2v) is 5.35. The zero-order valence-corrected chi connectivity index (χ0v) is 11.2. The summed E-state index contributed by atoms with van der Waals surface area (Å²) in [5, 5.41) is 20.5. The average molecular weight is 290 g/mol. The molecule has 1 aromatic carbocycles. The van der Waals surface area contributed by atoms with Gasteiger partial charge in [-0.15, -0.1) is 11.3 Å². The van der Waals surface area contributed by atoms with E-state index < -0.39 is 11.8 Å². The van der Waals surface area contributed by atoms with Crippen LogP contribution in [0.5, 0.6) is 0 Å². The highest BCUT2D eigenvalue weighted by atomic mass is 32.1. The van der Waals surface area contributed by atoms with Gasteiger partial charge >= 0.3 is 5.97 Å². The lowest BCUT2D eigenvalue weighted by Gasteiger charge is -2.05. The van der Waals surface area contributed by atoms with Crippen molar-refractivity contribution in [1.82, 2.24) is 0 Å². The summed E-state index contributed by atoms with van der Waals surface area (Å²) < 4.78 is 13.2. The van der Waals surface area contributed by atoms with Gasteiger partial charge in [-0.1, -0.05) is 0 Å². The molecule has 4 nitrogen and oxygen atoms in total. The Morgan fingerprint density at radius 3 is 2.80 bits per heavy atom. The zero-order chi connectivity index (χ0) is 14.5. The van der Waals surface area contributed by atoms with E-state index in [4.69, 9.17) is 10.4 Å². The fourth-order valence-corrected chi connectivity index (χ4v) is 2.62. The van der Waals surface area contributed by atoms with Gasteiger partial charge in [-0.25, -0.2) is 4.39 Å². The number of thiophene rings is 1. The molecule has 0 saturated heterocycles. The number of hydrogen-bond donors (Lipinski definition) is 2. The number of anilines is 1. The molecule has 0 bridgehead atoms. The van der Waals surface area contributed by atoms with Gasteiger partial charge in [0.25, 0.3) is 0 Å². The van der Waals surface area contributed by atoms with E-state index in [2.05, 4.69) is 5.32 Å². The zero-order valence-electron chi connectivity index (χ0n) is 10.4. The molecule has 2 rings (SSSR count). The van der Waals surface area contributed by atoms with Crippen molar-refractivity contribution < 1.29 is 14.3 Å². The third kappa shape index (κ3) is 3.56. The summed E-state index contributed by atoms with van der Waals surface area (Å²) in [6.45, 7) is 0.501. The molecule has 0 aliphatic rings. The summed E-state index contributed by atoms with van der Waals surface area (Å²) in [6.07, 6.45) is 0.0137. The number of aliphatic carboxylic acids is 1. The number of carbonyl (C=O) groups is 1. The minimum Gasteiger partial charge on any atom is -0.481 e. The first-order chi connectivity index (χ1) is 9.58. The van der Waals surface area contributed by atoms with Crippen molar-refractivity contribution in [3.8, 4) is 6.07 Å².